The highest BCUT2D eigenvalue weighted by Crippen LogP contribution is 2.44. The van der Waals surface area contributed by atoms with Crippen molar-refractivity contribution in [2.24, 2.45) is 5.92 Å². The second-order valence-corrected chi connectivity index (χ2v) is 7.66. The maximum Gasteiger partial charge on any atom is 0.438 e. The zero-order valence-corrected chi connectivity index (χ0v) is 15.3. The molecular weight excluding hydrogens is 397 g/mol. The third kappa shape index (κ3) is 3.08. The van der Waals surface area contributed by atoms with Gasteiger partial charge in [0, 0.05) is 18.6 Å². The lowest BCUT2D eigenvalue weighted by molar-refractivity contribution is -0.218. The van der Waals surface area contributed by atoms with Crippen molar-refractivity contribution in [3.05, 3.63) is 29.6 Å². The minimum absolute atomic E-state index is 0.166. The largest absolute Gasteiger partial charge is 0.438 e. The Morgan fingerprint density at radius 3 is 2.59 bits per heavy atom. The Labute approximate surface area is 162 Å². The number of rotatable bonds is 4. The maximum absolute atomic E-state index is 14.2. The number of benzene rings is 1. The number of hydrogen-bond acceptors (Lipinski definition) is 3. The van der Waals surface area contributed by atoms with Gasteiger partial charge in [0.05, 0.1) is 11.9 Å². The number of alkyl halides is 3. The molecule has 0 bridgehead atoms. The molecule has 1 atom stereocenters. The summed E-state index contributed by atoms with van der Waals surface area (Å²) in [6.45, 7) is 0. The molecule has 1 aromatic heterocycles. The number of aromatic nitrogens is 2. The predicted octanol–water partition coefficient (Wildman–Crippen LogP) is 3.74. The van der Waals surface area contributed by atoms with E-state index in [2.05, 4.69) is 4.98 Å². The van der Waals surface area contributed by atoms with Crippen LogP contribution in [0.3, 0.4) is 0 Å². The summed E-state index contributed by atoms with van der Waals surface area (Å²) >= 11 is 0. The van der Waals surface area contributed by atoms with Gasteiger partial charge in [0.25, 0.3) is 5.66 Å². The van der Waals surface area contributed by atoms with E-state index in [0.717, 1.165) is 25.7 Å². The van der Waals surface area contributed by atoms with Gasteiger partial charge in [-0.1, -0.05) is 25.7 Å². The summed E-state index contributed by atoms with van der Waals surface area (Å²) in [4.78, 5) is 28.7. The number of imidazole rings is 1. The number of ketones is 1. The Kier molecular flexibility index (Phi) is 4.62. The van der Waals surface area contributed by atoms with Crippen LogP contribution in [0.1, 0.15) is 44.3 Å². The fraction of sp³-hybridized carbons (Fsp3) is 0.526. The first-order valence-corrected chi connectivity index (χ1v) is 9.41. The van der Waals surface area contributed by atoms with E-state index in [9.17, 15) is 31.5 Å². The zero-order chi connectivity index (χ0) is 21.0. The molecule has 2 heterocycles. The number of fused-ring (bicyclic) bond motifs is 3. The lowest BCUT2D eigenvalue weighted by atomic mass is 10.00. The van der Waals surface area contributed by atoms with Gasteiger partial charge >= 0.3 is 6.18 Å². The van der Waals surface area contributed by atoms with Gasteiger partial charge in [-0.15, -0.1) is 0 Å². The Balaban J connectivity index is 1.75. The molecule has 1 amide bonds. The van der Waals surface area contributed by atoms with E-state index in [1.807, 2.05) is 5.32 Å². The second kappa shape index (κ2) is 6.77. The molecule has 1 N–H and O–H groups in total. The number of amides is 1. The lowest BCUT2D eigenvalue weighted by Crippen LogP contribution is -2.62. The monoisotopic (exact) mass is 415 g/mol. The third-order valence-corrected chi connectivity index (χ3v) is 5.79. The molecule has 0 radical (unpaired) electrons. The molecule has 2 aliphatic rings. The number of halogens is 5. The number of nitrogens with one attached hydrogen (secondary N) is 1. The van der Waals surface area contributed by atoms with Crippen LogP contribution in [0.5, 0.6) is 0 Å². The number of carbonyl (C=O) groups is 2. The minimum Gasteiger partial charge on any atom is -0.319 e. The fourth-order valence-electron chi connectivity index (χ4n) is 4.42. The van der Waals surface area contributed by atoms with Crippen LogP contribution in [0.2, 0.25) is 0 Å². The summed E-state index contributed by atoms with van der Waals surface area (Å²) < 4.78 is 70.7. The molecule has 0 saturated heterocycles. The van der Waals surface area contributed by atoms with Crippen LogP contribution in [-0.2, 0) is 21.7 Å². The Morgan fingerprint density at radius 2 is 1.93 bits per heavy atom. The first-order valence-electron chi connectivity index (χ1n) is 9.41. The molecule has 1 unspecified atom stereocenters. The minimum atomic E-state index is -5.23. The van der Waals surface area contributed by atoms with Crippen molar-refractivity contribution in [2.45, 2.75) is 56.8 Å². The van der Waals surface area contributed by atoms with Gasteiger partial charge in [0.2, 0.25) is 5.91 Å². The predicted molar refractivity (Wildman–Crippen MR) is 91.7 cm³/mol. The Morgan fingerprint density at radius 1 is 1.24 bits per heavy atom. The average molecular weight is 415 g/mol. The second-order valence-electron chi connectivity index (χ2n) is 7.66. The van der Waals surface area contributed by atoms with Crippen LogP contribution in [0.15, 0.2) is 12.1 Å². The molecule has 5 nitrogen and oxygen atoms in total. The molecule has 1 aliphatic heterocycles. The molecule has 1 saturated carbocycles. The van der Waals surface area contributed by atoms with Crippen LogP contribution in [0, 0.1) is 17.6 Å². The third-order valence-electron chi connectivity index (χ3n) is 5.79. The van der Waals surface area contributed by atoms with Crippen LogP contribution < -0.4 is 5.32 Å². The standard InChI is InChI=1S/C19H18F5N3O2/c20-11-7-12(21)17-13(8-11)27-15(25-17)9-14(28)18(27,19(22,23)24)26-16(29)6-5-10-3-1-2-4-10/h7-8,10H,1-6,9H2,(H,26,29). The van der Waals surface area contributed by atoms with Gasteiger partial charge in [0.15, 0.2) is 11.6 Å². The summed E-state index contributed by atoms with van der Waals surface area (Å²) in [6, 6.07) is 1.18. The summed E-state index contributed by atoms with van der Waals surface area (Å²) in [6.07, 6.45) is -1.82. The van der Waals surface area contributed by atoms with Crippen molar-refractivity contribution in [1.29, 1.82) is 0 Å². The molecule has 10 heteroatoms. The van der Waals surface area contributed by atoms with Crippen LogP contribution >= 0.6 is 0 Å². The van der Waals surface area contributed by atoms with Crippen molar-refractivity contribution in [2.75, 3.05) is 0 Å². The quantitative estimate of drug-likeness (QED) is 0.774. The molecule has 1 aliphatic carbocycles. The van der Waals surface area contributed by atoms with Crippen molar-refractivity contribution < 1.29 is 31.5 Å². The van der Waals surface area contributed by atoms with E-state index in [1.54, 1.807) is 0 Å². The van der Waals surface area contributed by atoms with Crippen LogP contribution in [-0.4, -0.2) is 27.4 Å². The Hall–Kier alpha value is -2.52. The summed E-state index contributed by atoms with van der Waals surface area (Å²) in [5, 5.41) is 1.84. The molecule has 1 fully saturated rings. The Bertz CT molecular complexity index is 994. The van der Waals surface area contributed by atoms with E-state index in [1.165, 1.54) is 0 Å². The number of hydrogen-bond donors (Lipinski definition) is 1. The summed E-state index contributed by atoms with van der Waals surface area (Å²) in [5.41, 5.74) is -4.44. The topological polar surface area (TPSA) is 64.0 Å². The first kappa shape index (κ1) is 19.8. The van der Waals surface area contributed by atoms with Crippen molar-refractivity contribution >= 4 is 22.7 Å². The highest BCUT2D eigenvalue weighted by Gasteiger charge is 2.66. The fourth-order valence-corrected chi connectivity index (χ4v) is 4.42. The van der Waals surface area contributed by atoms with Crippen LogP contribution in [0.4, 0.5) is 22.0 Å². The summed E-state index contributed by atoms with van der Waals surface area (Å²) in [7, 11) is 0. The smallest absolute Gasteiger partial charge is 0.319 e. The van der Waals surface area contributed by atoms with E-state index in [4.69, 9.17) is 0 Å². The van der Waals surface area contributed by atoms with E-state index in [0.29, 0.717) is 23.1 Å². The first-order chi connectivity index (χ1) is 13.6. The zero-order valence-electron chi connectivity index (χ0n) is 15.3. The highest BCUT2D eigenvalue weighted by molar-refractivity contribution is 5.98. The average Bonchev–Trinajstić information content (AvgIpc) is 3.30. The maximum atomic E-state index is 14.2. The number of carbonyl (C=O) groups excluding carboxylic acids is 2. The highest BCUT2D eigenvalue weighted by atomic mass is 19.4. The molecule has 4 rings (SSSR count). The molecule has 1 aromatic carbocycles. The van der Waals surface area contributed by atoms with Gasteiger partial charge in [0.1, 0.15) is 17.2 Å². The van der Waals surface area contributed by atoms with Gasteiger partial charge < -0.3 is 5.32 Å². The molecular formula is C19H18F5N3O2. The number of Topliss-reactive ketones (excluding diaryl/α,β-unsaturated/α-hetero) is 1. The van der Waals surface area contributed by atoms with Crippen molar-refractivity contribution in [1.82, 2.24) is 14.9 Å². The van der Waals surface area contributed by atoms with Gasteiger partial charge in [-0.25, -0.2) is 13.8 Å². The van der Waals surface area contributed by atoms with Crippen molar-refractivity contribution in [3.63, 3.8) is 0 Å². The van der Waals surface area contributed by atoms with E-state index >= 15 is 0 Å². The normalized spacial score (nSPS) is 22.4. The number of nitrogens with zero attached hydrogens (tertiary/aromatic N) is 2. The van der Waals surface area contributed by atoms with Gasteiger partial charge in [-0.05, 0) is 12.3 Å². The molecule has 2 aromatic rings. The molecule has 156 valence electrons. The summed E-state index contributed by atoms with van der Waals surface area (Å²) in [5.74, 6) is -4.63. The van der Waals surface area contributed by atoms with E-state index in [-0.39, 0.29) is 18.2 Å². The van der Waals surface area contributed by atoms with Crippen molar-refractivity contribution in [3.8, 4) is 0 Å². The van der Waals surface area contributed by atoms with Gasteiger partial charge in [-0.3, -0.25) is 14.2 Å². The van der Waals surface area contributed by atoms with Gasteiger partial charge in [-0.2, -0.15) is 13.2 Å². The SMILES string of the molecule is O=C(CCC1CCCC1)NC1(C(F)(F)F)C(=O)Cc2nc3c(F)cc(F)cc3n21. The molecule has 29 heavy (non-hydrogen) atoms. The van der Waals surface area contributed by atoms with E-state index < -0.39 is 52.6 Å². The molecule has 0 spiro atoms. The van der Waals surface area contributed by atoms with Crippen LogP contribution in [0.25, 0.3) is 11.0 Å². The lowest BCUT2D eigenvalue weighted by Gasteiger charge is -2.33.